The summed E-state index contributed by atoms with van der Waals surface area (Å²) in [5.74, 6) is 2.79. The van der Waals surface area contributed by atoms with Gasteiger partial charge in [0.05, 0.1) is 6.04 Å². The van der Waals surface area contributed by atoms with E-state index in [1.54, 1.807) is 0 Å². The number of furan rings is 1. The van der Waals surface area contributed by atoms with Crippen molar-refractivity contribution >= 4 is 24.8 Å². The van der Waals surface area contributed by atoms with Crippen LogP contribution in [-0.2, 0) is 0 Å². The highest BCUT2D eigenvalue weighted by molar-refractivity contribution is 5.85. The second-order valence-corrected chi connectivity index (χ2v) is 5.06. The molecule has 0 spiro atoms. The van der Waals surface area contributed by atoms with Crippen molar-refractivity contribution in [1.29, 1.82) is 0 Å². The zero-order chi connectivity index (χ0) is 12.3. The van der Waals surface area contributed by atoms with Gasteiger partial charge in [0.2, 0.25) is 0 Å². The Bertz CT molecular complexity index is 351. The minimum atomic E-state index is 0. The van der Waals surface area contributed by atoms with E-state index in [9.17, 15) is 0 Å². The largest absolute Gasteiger partial charge is 0.465 e. The number of rotatable bonds is 4. The van der Waals surface area contributed by atoms with Crippen LogP contribution in [0.25, 0.3) is 0 Å². The summed E-state index contributed by atoms with van der Waals surface area (Å²) in [6, 6.07) is 4.66. The van der Waals surface area contributed by atoms with Gasteiger partial charge in [0.25, 0.3) is 0 Å². The average Bonchev–Trinajstić information content (AvgIpc) is 2.77. The predicted molar refractivity (Wildman–Crippen MR) is 84.6 cm³/mol. The molecule has 1 aromatic heterocycles. The van der Waals surface area contributed by atoms with Crippen molar-refractivity contribution in [2.75, 3.05) is 26.2 Å². The monoisotopic (exact) mass is 308 g/mol. The lowest BCUT2D eigenvalue weighted by Crippen LogP contribution is -2.46. The maximum Gasteiger partial charge on any atom is 0.121 e. The third kappa shape index (κ3) is 4.67. The molecule has 0 aromatic carbocycles. The van der Waals surface area contributed by atoms with E-state index in [0.717, 1.165) is 37.7 Å². The number of hydrogen-bond donors (Lipinski definition) is 1. The lowest BCUT2D eigenvalue weighted by atomic mass is 9.95. The first-order valence-corrected chi connectivity index (χ1v) is 6.73. The van der Waals surface area contributed by atoms with Crippen LogP contribution in [0.2, 0.25) is 0 Å². The van der Waals surface area contributed by atoms with Crippen molar-refractivity contribution < 1.29 is 4.42 Å². The summed E-state index contributed by atoms with van der Waals surface area (Å²) in [4.78, 5) is 2.56. The van der Waals surface area contributed by atoms with E-state index >= 15 is 0 Å². The van der Waals surface area contributed by atoms with Gasteiger partial charge in [-0.25, -0.2) is 0 Å². The molecule has 0 aliphatic carbocycles. The van der Waals surface area contributed by atoms with Crippen LogP contribution in [0.1, 0.15) is 37.8 Å². The Morgan fingerprint density at radius 1 is 1.26 bits per heavy atom. The summed E-state index contributed by atoms with van der Waals surface area (Å²) in [5, 5.41) is 3.41. The maximum atomic E-state index is 5.86. The van der Waals surface area contributed by atoms with Crippen molar-refractivity contribution in [3.05, 3.63) is 23.7 Å². The van der Waals surface area contributed by atoms with E-state index in [0.29, 0.717) is 12.0 Å². The molecule has 2 heterocycles. The highest BCUT2D eigenvalue weighted by Crippen LogP contribution is 2.31. The van der Waals surface area contributed by atoms with E-state index in [4.69, 9.17) is 4.42 Å². The standard InChI is InChI=1S/C14H24N2O.2ClH/c1-4-11(2)14(13-6-5-12(3)17-13)16-9-7-15-8-10-16;;/h5-6,11,14-15H,4,7-10H2,1-3H3;2*1H/t11?,14-;;/m1../s1. The zero-order valence-corrected chi connectivity index (χ0v) is 13.6. The van der Waals surface area contributed by atoms with Gasteiger partial charge < -0.3 is 9.73 Å². The number of piperazine rings is 1. The molecule has 0 bridgehead atoms. The predicted octanol–water partition coefficient (Wildman–Crippen LogP) is 3.42. The normalized spacial score (nSPS) is 19.1. The molecule has 1 unspecified atom stereocenters. The summed E-state index contributed by atoms with van der Waals surface area (Å²) < 4.78 is 5.86. The van der Waals surface area contributed by atoms with Crippen LogP contribution in [0.15, 0.2) is 16.5 Å². The van der Waals surface area contributed by atoms with E-state index < -0.39 is 0 Å². The van der Waals surface area contributed by atoms with Crippen LogP contribution in [0.5, 0.6) is 0 Å². The van der Waals surface area contributed by atoms with Gasteiger partial charge in [-0.3, -0.25) is 4.90 Å². The number of nitrogens with one attached hydrogen (secondary N) is 1. The van der Waals surface area contributed by atoms with Crippen LogP contribution in [0.3, 0.4) is 0 Å². The highest BCUT2D eigenvalue weighted by Gasteiger charge is 2.28. The second-order valence-electron chi connectivity index (χ2n) is 5.06. The van der Waals surface area contributed by atoms with Gasteiger partial charge in [-0.05, 0) is 25.0 Å². The fourth-order valence-corrected chi connectivity index (χ4v) is 2.62. The molecule has 2 atom stereocenters. The Balaban J connectivity index is 0.00000162. The van der Waals surface area contributed by atoms with Gasteiger partial charge in [-0.1, -0.05) is 20.3 Å². The molecule has 1 N–H and O–H groups in total. The van der Waals surface area contributed by atoms with Gasteiger partial charge >= 0.3 is 0 Å². The van der Waals surface area contributed by atoms with Gasteiger partial charge in [-0.15, -0.1) is 24.8 Å². The summed E-state index contributed by atoms with van der Waals surface area (Å²) in [5.41, 5.74) is 0. The molecule has 0 radical (unpaired) electrons. The Morgan fingerprint density at radius 2 is 1.89 bits per heavy atom. The lowest BCUT2D eigenvalue weighted by Gasteiger charge is -2.36. The van der Waals surface area contributed by atoms with E-state index in [2.05, 4.69) is 36.2 Å². The smallest absolute Gasteiger partial charge is 0.121 e. The fraction of sp³-hybridized carbons (Fsp3) is 0.714. The van der Waals surface area contributed by atoms with Crippen LogP contribution >= 0.6 is 24.8 Å². The van der Waals surface area contributed by atoms with Gasteiger partial charge in [0.1, 0.15) is 11.5 Å². The second kappa shape index (κ2) is 8.85. The molecule has 112 valence electrons. The average molecular weight is 309 g/mol. The SMILES string of the molecule is CCC(C)[C@H](c1ccc(C)o1)N1CCNCC1.Cl.Cl. The summed E-state index contributed by atoms with van der Waals surface area (Å²) in [6.07, 6.45) is 1.19. The van der Waals surface area contributed by atoms with Gasteiger partial charge in [0, 0.05) is 26.2 Å². The molecular weight excluding hydrogens is 283 g/mol. The number of halogens is 2. The molecule has 19 heavy (non-hydrogen) atoms. The van der Waals surface area contributed by atoms with Crippen molar-refractivity contribution in [1.82, 2.24) is 10.2 Å². The molecule has 0 amide bonds. The fourth-order valence-electron chi connectivity index (χ4n) is 2.62. The van der Waals surface area contributed by atoms with E-state index in [1.165, 1.54) is 6.42 Å². The first-order valence-electron chi connectivity index (χ1n) is 6.73. The molecule has 0 saturated carbocycles. The van der Waals surface area contributed by atoms with Crippen molar-refractivity contribution in [2.45, 2.75) is 33.2 Å². The molecule has 3 nitrogen and oxygen atoms in total. The molecule has 1 aromatic rings. The molecule has 2 rings (SSSR count). The van der Waals surface area contributed by atoms with Crippen molar-refractivity contribution in [2.24, 2.45) is 5.92 Å². The molecule has 1 saturated heterocycles. The van der Waals surface area contributed by atoms with Crippen LogP contribution in [0.4, 0.5) is 0 Å². The third-order valence-corrected chi connectivity index (χ3v) is 3.78. The molecular formula is C14H26Cl2N2O. The van der Waals surface area contributed by atoms with Crippen LogP contribution in [0, 0.1) is 12.8 Å². The topological polar surface area (TPSA) is 28.4 Å². The molecule has 1 aliphatic rings. The number of hydrogen-bond acceptors (Lipinski definition) is 3. The third-order valence-electron chi connectivity index (χ3n) is 3.78. The molecule has 5 heteroatoms. The minimum absolute atomic E-state index is 0. The van der Waals surface area contributed by atoms with Gasteiger partial charge in [0.15, 0.2) is 0 Å². The Hall–Kier alpha value is -0.220. The Morgan fingerprint density at radius 3 is 2.37 bits per heavy atom. The quantitative estimate of drug-likeness (QED) is 0.924. The molecule has 1 aliphatic heterocycles. The van der Waals surface area contributed by atoms with Gasteiger partial charge in [-0.2, -0.15) is 0 Å². The molecule has 1 fully saturated rings. The Kier molecular flexibility index (Phi) is 8.75. The maximum absolute atomic E-state index is 5.86. The summed E-state index contributed by atoms with van der Waals surface area (Å²) >= 11 is 0. The first-order chi connectivity index (χ1) is 8.22. The number of nitrogens with zero attached hydrogens (tertiary/aromatic N) is 1. The van der Waals surface area contributed by atoms with Crippen molar-refractivity contribution in [3.63, 3.8) is 0 Å². The Labute approximate surface area is 128 Å². The van der Waals surface area contributed by atoms with Crippen molar-refractivity contribution in [3.8, 4) is 0 Å². The zero-order valence-electron chi connectivity index (χ0n) is 12.0. The minimum Gasteiger partial charge on any atom is -0.465 e. The summed E-state index contributed by atoms with van der Waals surface area (Å²) in [6.45, 7) is 11.0. The van der Waals surface area contributed by atoms with Crippen LogP contribution in [-0.4, -0.2) is 31.1 Å². The summed E-state index contributed by atoms with van der Waals surface area (Å²) in [7, 11) is 0. The first kappa shape index (κ1) is 18.8. The van der Waals surface area contributed by atoms with Crippen LogP contribution < -0.4 is 5.32 Å². The number of aryl methyl sites for hydroxylation is 1. The highest BCUT2D eigenvalue weighted by atomic mass is 35.5. The lowest BCUT2D eigenvalue weighted by molar-refractivity contribution is 0.110. The van der Waals surface area contributed by atoms with E-state index in [1.807, 2.05) is 6.92 Å². The van der Waals surface area contributed by atoms with E-state index in [-0.39, 0.29) is 24.8 Å².